The summed E-state index contributed by atoms with van der Waals surface area (Å²) < 4.78 is 0. The van der Waals surface area contributed by atoms with E-state index in [1.165, 1.54) is 11.1 Å². The first-order chi connectivity index (χ1) is 11.8. The van der Waals surface area contributed by atoms with Crippen molar-refractivity contribution in [2.24, 2.45) is 0 Å². The minimum atomic E-state index is 0.0310. The third-order valence-electron chi connectivity index (χ3n) is 4.73. The van der Waals surface area contributed by atoms with Crippen LogP contribution in [0.15, 0.2) is 91.0 Å². The van der Waals surface area contributed by atoms with Gasteiger partial charge in [-0.15, -0.1) is 0 Å². The molecule has 1 saturated heterocycles. The molecule has 0 unspecified atom stereocenters. The van der Waals surface area contributed by atoms with E-state index < -0.39 is 0 Å². The summed E-state index contributed by atoms with van der Waals surface area (Å²) in [5, 5.41) is 0. The Bertz CT molecular complexity index is 814. The van der Waals surface area contributed by atoms with Crippen LogP contribution in [0.5, 0.6) is 0 Å². The zero-order valence-electron chi connectivity index (χ0n) is 13.4. The smallest absolute Gasteiger partial charge is 0.228 e. The van der Waals surface area contributed by atoms with E-state index in [0.717, 1.165) is 5.69 Å². The van der Waals surface area contributed by atoms with E-state index in [-0.39, 0.29) is 17.9 Å². The highest BCUT2D eigenvalue weighted by atomic mass is 16.2. The second-order valence-corrected chi connectivity index (χ2v) is 6.18. The lowest BCUT2D eigenvalue weighted by Gasteiger charge is -2.29. The molecule has 0 N–H and O–H groups in total. The highest BCUT2D eigenvalue weighted by molar-refractivity contribution is 5.97. The largest absolute Gasteiger partial charge is 0.304 e. The van der Waals surface area contributed by atoms with Crippen LogP contribution in [0.25, 0.3) is 0 Å². The van der Waals surface area contributed by atoms with Gasteiger partial charge < -0.3 is 4.90 Å². The van der Waals surface area contributed by atoms with Gasteiger partial charge in [-0.25, -0.2) is 0 Å². The first-order valence-corrected chi connectivity index (χ1v) is 8.31. The van der Waals surface area contributed by atoms with Gasteiger partial charge in [0.25, 0.3) is 0 Å². The summed E-state index contributed by atoms with van der Waals surface area (Å²) in [6.07, 6.45) is 0.540. The second-order valence-electron chi connectivity index (χ2n) is 6.18. The average Bonchev–Trinajstić information content (AvgIpc) is 3.01. The molecule has 0 aliphatic carbocycles. The van der Waals surface area contributed by atoms with Crippen molar-refractivity contribution < 1.29 is 4.79 Å². The molecule has 3 aromatic rings. The highest BCUT2D eigenvalue weighted by Gasteiger charge is 2.42. The molecule has 3 aromatic carbocycles. The van der Waals surface area contributed by atoms with E-state index >= 15 is 0 Å². The molecule has 2 nitrogen and oxygen atoms in total. The number of anilines is 1. The SMILES string of the molecule is O=C1C[C@H](c2ccccc2)[C@H](c2ccccc2)N1c1ccccc1. The number of hydrogen-bond donors (Lipinski definition) is 0. The first kappa shape index (κ1) is 14.7. The summed E-state index contributed by atoms with van der Waals surface area (Å²) in [7, 11) is 0. The van der Waals surface area contributed by atoms with Crippen LogP contribution in [0, 0.1) is 0 Å². The molecule has 0 radical (unpaired) electrons. The fourth-order valence-electron chi connectivity index (χ4n) is 3.66. The lowest BCUT2D eigenvalue weighted by atomic mass is 9.87. The zero-order chi connectivity index (χ0) is 16.4. The number of rotatable bonds is 3. The van der Waals surface area contributed by atoms with Gasteiger partial charge in [-0.2, -0.15) is 0 Å². The lowest BCUT2D eigenvalue weighted by Crippen LogP contribution is -2.28. The molecule has 2 atom stereocenters. The van der Waals surface area contributed by atoms with Crippen LogP contribution in [0.1, 0.15) is 29.5 Å². The average molecular weight is 313 g/mol. The van der Waals surface area contributed by atoms with E-state index in [1.54, 1.807) is 0 Å². The van der Waals surface area contributed by atoms with Gasteiger partial charge in [-0.1, -0.05) is 78.9 Å². The predicted molar refractivity (Wildman–Crippen MR) is 96.9 cm³/mol. The van der Waals surface area contributed by atoms with Gasteiger partial charge >= 0.3 is 0 Å². The molecule has 1 amide bonds. The molecule has 1 aliphatic heterocycles. The number of nitrogens with zero attached hydrogens (tertiary/aromatic N) is 1. The number of carbonyl (C=O) groups excluding carboxylic acids is 1. The van der Waals surface area contributed by atoms with Gasteiger partial charge in [0.05, 0.1) is 6.04 Å². The molecule has 4 rings (SSSR count). The number of carbonyl (C=O) groups is 1. The van der Waals surface area contributed by atoms with E-state index in [2.05, 4.69) is 24.3 Å². The Balaban J connectivity index is 1.83. The van der Waals surface area contributed by atoms with E-state index in [1.807, 2.05) is 71.6 Å². The van der Waals surface area contributed by atoms with Gasteiger partial charge in [0.15, 0.2) is 0 Å². The van der Waals surface area contributed by atoms with Crippen LogP contribution in [0.4, 0.5) is 5.69 Å². The maximum atomic E-state index is 12.9. The highest BCUT2D eigenvalue weighted by Crippen LogP contribution is 2.46. The van der Waals surface area contributed by atoms with Crippen molar-refractivity contribution >= 4 is 11.6 Å². The van der Waals surface area contributed by atoms with Gasteiger partial charge in [-0.05, 0) is 23.3 Å². The van der Waals surface area contributed by atoms with Gasteiger partial charge in [0.2, 0.25) is 5.91 Å². The Kier molecular flexibility index (Phi) is 3.87. The van der Waals surface area contributed by atoms with E-state index in [4.69, 9.17) is 0 Å². The van der Waals surface area contributed by atoms with Crippen LogP contribution in [0.2, 0.25) is 0 Å². The number of para-hydroxylation sites is 1. The maximum absolute atomic E-state index is 12.9. The quantitative estimate of drug-likeness (QED) is 0.670. The Hall–Kier alpha value is -2.87. The lowest BCUT2D eigenvalue weighted by molar-refractivity contribution is -0.117. The van der Waals surface area contributed by atoms with Gasteiger partial charge in [0, 0.05) is 18.0 Å². The van der Waals surface area contributed by atoms with Crippen molar-refractivity contribution in [3.05, 3.63) is 102 Å². The third kappa shape index (κ3) is 2.61. The minimum Gasteiger partial charge on any atom is -0.304 e. The van der Waals surface area contributed by atoms with Crippen molar-refractivity contribution in [2.75, 3.05) is 4.90 Å². The van der Waals surface area contributed by atoms with Gasteiger partial charge in [0.1, 0.15) is 0 Å². The van der Waals surface area contributed by atoms with Crippen molar-refractivity contribution in [1.82, 2.24) is 0 Å². The first-order valence-electron chi connectivity index (χ1n) is 8.31. The van der Waals surface area contributed by atoms with Crippen molar-refractivity contribution in [3.8, 4) is 0 Å². The Morgan fingerprint density at radius 1 is 0.667 bits per heavy atom. The van der Waals surface area contributed by atoms with E-state index in [0.29, 0.717) is 6.42 Å². The molecule has 24 heavy (non-hydrogen) atoms. The normalized spacial score (nSPS) is 20.3. The number of amides is 1. The van der Waals surface area contributed by atoms with Crippen LogP contribution in [0.3, 0.4) is 0 Å². The molecule has 118 valence electrons. The van der Waals surface area contributed by atoms with Crippen molar-refractivity contribution in [2.45, 2.75) is 18.4 Å². The number of benzene rings is 3. The summed E-state index contributed by atoms with van der Waals surface area (Å²) in [4.78, 5) is 14.8. The maximum Gasteiger partial charge on any atom is 0.228 e. The monoisotopic (exact) mass is 313 g/mol. The van der Waals surface area contributed by atoms with E-state index in [9.17, 15) is 4.79 Å². The molecule has 0 spiro atoms. The second kappa shape index (κ2) is 6.32. The van der Waals surface area contributed by atoms with Crippen LogP contribution >= 0.6 is 0 Å². The third-order valence-corrected chi connectivity index (χ3v) is 4.73. The standard InChI is InChI=1S/C22H19NO/c24-21-16-20(17-10-4-1-5-11-17)22(18-12-6-2-7-13-18)23(21)19-14-8-3-9-15-19/h1-15,20,22H,16H2/t20-,22+/m1/s1. The molecular formula is C22H19NO. The van der Waals surface area contributed by atoms with Crippen molar-refractivity contribution in [1.29, 1.82) is 0 Å². The molecular weight excluding hydrogens is 294 g/mol. The van der Waals surface area contributed by atoms with Crippen LogP contribution in [-0.4, -0.2) is 5.91 Å². The Labute approximate surface area is 142 Å². The summed E-state index contributed by atoms with van der Waals surface area (Å²) in [5.74, 6) is 0.352. The van der Waals surface area contributed by atoms with Gasteiger partial charge in [-0.3, -0.25) is 4.79 Å². The van der Waals surface area contributed by atoms with Crippen LogP contribution < -0.4 is 4.90 Å². The topological polar surface area (TPSA) is 20.3 Å². The van der Waals surface area contributed by atoms with Crippen molar-refractivity contribution in [3.63, 3.8) is 0 Å². The summed E-state index contributed by atoms with van der Waals surface area (Å²) in [6, 6.07) is 30.7. The number of hydrogen-bond acceptors (Lipinski definition) is 1. The fourth-order valence-corrected chi connectivity index (χ4v) is 3.66. The molecule has 1 heterocycles. The van der Waals surface area contributed by atoms with Crippen LogP contribution in [-0.2, 0) is 4.79 Å². The Morgan fingerprint density at radius 3 is 1.75 bits per heavy atom. The summed E-state index contributed by atoms with van der Waals surface area (Å²) in [6.45, 7) is 0. The molecule has 0 aromatic heterocycles. The Morgan fingerprint density at radius 2 is 1.17 bits per heavy atom. The zero-order valence-corrected chi connectivity index (χ0v) is 13.4. The molecule has 1 aliphatic rings. The molecule has 0 bridgehead atoms. The summed E-state index contributed by atoms with van der Waals surface area (Å²) in [5.41, 5.74) is 3.37. The summed E-state index contributed by atoms with van der Waals surface area (Å²) >= 11 is 0. The minimum absolute atomic E-state index is 0.0310. The molecule has 0 saturated carbocycles. The predicted octanol–water partition coefficient (Wildman–Crippen LogP) is 4.95. The molecule has 1 fully saturated rings. The fraction of sp³-hybridized carbons (Fsp3) is 0.136. The molecule has 2 heteroatoms.